The highest BCUT2D eigenvalue weighted by molar-refractivity contribution is 6.10. The summed E-state index contributed by atoms with van der Waals surface area (Å²) in [4.78, 5) is 39.1. The summed E-state index contributed by atoms with van der Waals surface area (Å²) in [5.74, 6) is 0.279. The van der Waals surface area contributed by atoms with Crippen molar-refractivity contribution in [3.05, 3.63) is 0 Å². The molecule has 0 aromatic rings. The summed E-state index contributed by atoms with van der Waals surface area (Å²) in [6, 6.07) is 0. The third-order valence-corrected chi connectivity index (χ3v) is 9.21. The van der Waals surface area contributed by atoms with Gasteiger partial charge in [-0.05, 0) is 36.0 Å². The summed E-state index contributed by atoms with van der Waals surface area (Å²) in [7, 11) is 0. The molecule has 0 N–H and O–H groups in total. The fourth-order valence-corrected chi connectivity index (χ4v) is 6.04. The summed E-state index contributed by atoms with van der Waals surface area (Å²) in [5.41, 5.74) is 0.131. The Morgan fingerprint density at radius 1 is 0.571 bits per heavy atom. The molecule has 2 fully saturated rings. The van der Waals surface area contributed by atoms with Gasteiger partial charge in [0.25, 0.3) is 0 Å². The van der Waals surface area contributed by atoms with E-state index < -0.39 is 5.92 Å². The van der Waals surface area contributed by atoms with Gasteiger partial charge in [0.2, 0.25) is 5.91 Å². The number of carbonyl (C=O) groups is 3. The number of nitrogens with zero attached hydrogens (tertiary/aromatic N) is 1. The number of hydrogen-bond donors (Lipinski definition) is 0. The molecular weight excluding hydrogens is 634 g/mol. The molecule has 0 radical (unpaired) electrons. The van der Waals surface area contributed by atoms with Crippen LogP contribution in [0.5, 0.6) is 0 Å². The van der Waals surface area contributed by atoms with Crippen molar-refractivity contribution in [1.29, 1.82) is 0 Å². The average molecular weight is 702 g/mol. The number of piperidine rings is 1. The van der Waals surface area contributed by atoms with Gasteiger partial charge in [0, 0.05) is 32.0 Å². The first-order chi connectivity index (χ1) is 23.4. The summed E-state index contributed by atoms with van der Waals surface area (Å²) >= 11 is 0. The van der Waals surface area contributed by atoms with Crippen LogP contribution in [0.15, 0.2) is 0 Å². The quantitative estimate of drug-likeness (QED) is 0.0911. The van der Waals surface area contributed by atoms with Crippen LogP contribution in [0.1, 0.15) is 73.6 Å². The molecule has 1 saturated carbocycles. The lowest BCUT2D eigenvalue weighted by Crippen LogP contribution is -2.41. The summed E-state index contributed by atoms with van der Waals surface area (Å²) in [6.45, 7) is 22.0. The number of hydrogen-bond acceptors (Lipinski definition) is 11. The van der Waals surface area contributed by atoms with Crippen molar-refractivity contribution in [2.24, 2.45) is 28.6 Å². The normalized spacial score (nSPS) is 19.3. The maximum Gasteiger partial charge on any atom is 0.224 e. The van der Waals surface area contributed by atoms with Crippen LogP contribution >= 0.6 is 0 Å². The van der Waals surface area contributed by atoms with Crippen LogP contribution in [0, 0.1) is 28.6 Å². The molecular formula is C37H67NO11. The summed E-state index contributed by atoms with van der Waals surface area (Å²) < 4.78 is 44.1. The zero-order chi connectivity index (χ0) is 36.0. The maximum atomic E-state index is 12.5. The smallest absolute Gasteiger partial charge is 0.224 e. The minimum Gasteiger partial charge on any atom is -0.379 e. The predicted molar refractivity (Wildman–Crippen MR) is 186 cm³/mol. The van der Waals surface area contributed by atoms with Crippen molar-refractivity contribution >= 4 is 17.5 Å². The lowest BCUT2D eigenvalue weighted by Gasteiger charge is -2.38. The molecule has 2 atom stereocenters. The molecule has 0 aromatic heterocycles. The molecule has 2 aliphatic rings. The molecule has 0 spiro atoms. The molecule has 2 rings (SSSR count). The Morgan fingerprint density at radius 2 is 0.939 bits per heavy atom. The van der Waals surface area contributed by atoms with E-state index in [1.54, 1.807) is 0 Å². The average Bonchev–Trinajstić information content (AvgIpc) is 3.35. The van der Waals surface area contributed by atoms with Crippen LogP contribution in [0.3, 0.4) is 0 Å². The number of Topliss-reactive ketones (excluding diaryl/α,β-unsaturated/α-hetero) is 2. The van der Waals surface area contributed by atoms with E-state index in [9.17, 15) is 14.4 Å². The van der Waals surface area contributed by atoms with Crippen LogP contribution in [0.2, 0.25) is 0 Å². The Balaban J connectivity index is 1.23. The molecule has 0 bridgehead atoms. The molecule has 1 aliphatic carbocycles. The predicted octanol–water partition coefficient (Wildman–Crippen LogP) is 4.00. The number of amides is 1. The molecule has 12 heteroatoms. The molecule has 49 heavy (non-hydrogen) atoms. The second kappa shape index (κ2) is 24.6. The molecule has 1 saturated heterocycles. The van der Waals surface area contributed by atoms with Gasteiger partial charge in [-0.2, -0.15) is 0 Å². The molecule has 1 amide bonds. The first-order valence-electron chi connectivity index (χ1n) is 18.4. The van der Waals surface area contributed by atoms with Gasteiger partial charge < -0.3 is 42.8 Å². The topological polar surface area (TPSA) is 128 Å². The van der Waals surface area contributed by atoms with Crippen LogP contribution < -0.4 is 0 Å². The Bertz CT molecular complexity index is 909. The van der Waals surface area contributed by atoms with E-state index in [0.717, 1.165) is 25.9 Å². The van der Waals surface area contributed by atoms with E-state index in [1.807, 2.05) is 25.7 Å². The highest BCUT2D eigenvalue weighted by atomic mass is 16.6. The number of rotatable bonds is 27. The van der Waals surface area contributed by atoms with E-state index in [2.05, 4.69) is 20.8 Å². The highest BCUT2D eigenvalue weighted by Crippen LogP contribution is 2.38. The van der Waals surface area contributed by atoms with Gasteiger partial charge in [-0.15, -0.1) is 0 Å². The third kappa shape index (κ3) is 19.1. The minimum atomic E-state index is -0.516. The zero-order valence-electron chi connectivity index (χ0n) is 31.4. The standard InChI is InChI=1S/C37H67NO11/c1-36(2,3)30-7-11-38(12-8-30)34(40)10-14-43-16-18-45-20-22-47-24-26-49-28-27-48-25-23-46-21-19-44-17-15-42-13-9-31-33(39)29-32(35(31)41)37(4,5)6/h30-32H,7-29H2,1-6H3. The van der Waals surface area contributed by atoms with Gasteiger partial charge in [-0.1, -0.05) is 41.5 Å². The Kier molecular flexibility index (Phi) is 21.9. The molecule has 2 unspecified atom stereocenters. The number of ether oxygens (including phenoxy) is 8. The van der Waals surface area contributed by atoms with Crippen molar-refractivity contribution in [2.45, 2.75) is 73.6 Å². The van der Waals surface area contributed by atoms with Crippen molar-refractivity contribution in [2.75, 3.05) is 119 Å². The number of carbonyl (C=O) groups excluding carboxylic acids is 3. The summed E-state index contributed by atoms with van der Waals surface area (Å²) in [5, 5.41) is 0. The van der Waals surface area contributed by atoms with Gasteiger partial charge in [-0.25, -0.2) is 0 Å². The first kappa shape index (κ1) is 43.7. The fraction of sp³-hybridized carbons (Fsp3) is 0.919. The first-order valence-corrected chi connectivity index (χ1v) is 18.4. The molecule has 1 heterocycles. The van der Waals surface area contributed by atoms with Gasteiger partial charge in [-0.3, -0.25) is 14.4 Å². The molecule has 286 valence electrons. The van der Waals surface area contributed by atoms with Crippen LogP contribution in [-0.2, 0) is 52.3 Å². The lowest BCUT2D eigenvalue weighted by atomic mass is 9.75. The second-order valence-electron chi connectivity index (χ2n) is 15.0. The van der Waals surface area contributed by atoms with Crippen LogP contribution in [0.4, 0.5) is 0 Å². The largest absolute Gasteiger partial charge is 0.379 e. The van der Waals surface area contributed by atoms with Gasteiger partial charge in [0.1, 0.15) is 11.6 Å². The Hall–Kier alpha value is -1.51. The van der Waals surface area contributed by atoms with E-state index in [1.165, 1.54) is 0 Å². The molecule has 0 aromatic carbocycles. The molecule has 1 aliphatic heterocycles. The Labute approximate surface area is 295 Å². The molecule has 12 nitrogen and oxygen atoms in total. The van der Waals surface area contributed by atoms with Gasteiger partial charge in [0.15, 0.2) is 0 Å². The highest BCUT2D eigenvalue weighted by Gasteiger charge is 2.45. The second-order valence-corrected chi connectivity index (χ2v) is 15.0. The SMILES string of the molecule is CC(C)(C)C1CCN(C(=O)CCOCCOCCOCCOCCOCCOCCOCCOCCC2C(=O)CC(C(C)(C)C)C2=O)CC1. The summed E-state index contributed by atoms with van der Waals surface area (Å²) in [6.07, 6.45) is 3.39. The number of ketones is 2. The van der Waals surface area contributed by atoms with Gasteiger partial charge in [0.05, 0.1) is 111 Å². The number of likely N-dealkylation sites (tertiary alicyclic amines) is 1. The van der Waals surface area contributed by atoms with E-state index in [-0.39, 0.29) is 28.8 Å². The fourth-order valence-electron chi connectivity index (χ4n) is 6.04. The van der Waals surface area contributed by atoms with Crippen molar-refractivity contribution in [1.82, 2.24) is 4.90 Å². The Morgan fingerprint density at radius 3 is 1.29 bits per heavy atom. The zero-order valence-corrected chi connectivity index (χ0v) is 31.4. The monoisotopic (exact) mass is 701 g/mol. The van der Waals surface area contributed by atoms with E-state index in [0.29, 0.717) is 136 Å². The van der Waals surface area contributed by atoms with Gasteiger partial charge >= 0.3 is 0 Å². The maximum absolute atomic E-state index is 12.5. The minimum absolute atomic E-state index is 0.0456. The van der Waals surface area contributed by atoms with E-state index in [4.69, 9.17) is 37.9 Å². The van der Waals surface area contributed by atoms with Crippen molar-refractivity contribution in [3.63, 3.8) is 0 Å². The third-order valence-electron chi connectivity index (χ3n) is 9.21. The van der Waals surface area contributed by atoms with E-state index >= 15 is 0 Å². The van der Waals surface area contributed by atoms with Crippen molar-refractivity contribution in [3.8, 4) is 0 Å². The van der Waals surface area contributed by atoms with Crippen LogP contribution in [-0.4, -0.2) is 141 Å². The van der Waals surface area contributed by atoms with Crippen molar-refractivity contribution < 1.29 is 52.3 Å². The lowest BCUT2D eigenvalue weighted by molar-refractivity contribution is -0.134. The van der Waals surface area contributed by atoms with Crippen LogP contribution in [0.25, 0.3) is 0 Å².